The van der Waals surface area contributed by atoms with Crippen LogP contribution in [0.15, 0.2) is 0 Å². The molecular formula is H2BaCeLaNdPrZr. The fourth-order valence-corrected chi connectivity index (χ4v) is 0. The van der Waals surface area contributed by atoms with E-state index in [0.717, 1.165) is 0 Å². The summed E-state index contributed by atoms with van der Waals surface area (Å²) >= 11 is 0. The topological polar surface area (TPSA) is 0 Å². The fourth-order valence-electron chi connectivity index (χ4n) is 0. The van der Waals surface area contributed by atoms with E-state index in [4.69, 9.17) is 0 Å². The fraction of sp³-hybridized carbons (Fsp3) is 0. The van der Waals surface area contributed by atoms with Crippen LogP contribution in [0, 0.1) is 159 Å². The van der Waals surface area contributed by atoms with Gasteiger partial charge in [0.1, 0.15) is 0 Å². The van der Waals surface area contributed by atoms with Crippen molar-refractivity contribution in [1.82, 2.24) is 0 Å². The first kappa shape index (κ1) is 37.2. The Morgan fingerprint density at radius 2 is 1.00 bits per heavy atom. The molecule has 0 saturated heterocycles. The number of hydrogen-bond acceptors (Lipinski definition) is 0. The van der Waals surface area contributed by atoms with E-state index >= 15 is 0 Å². The van der Waals surface area contributed by atoms with Crippen LogP contribution in [0.5, 0.6) is 0 Å². The molecule has 0 aromatic carbocycles. The van der Waals surface area contributed by atoms with Gasteiger partial charge in [0.25, 0.3) is 0 Å². The van der Waals surface area contributed by atoms with Gasteiger partial charge in [0, 0.05) is 186 Å². The molecule has 0 fully saturated rings. The van der Waals surface area contributed by atoms with Crippen LogP contribution in [-0.2, 0) is 26.2 Å². The minimum Gasteiger partial charge on any atom is 0 e. The molecular weight excluding hydrogens is 793 g/mol. The van der Waals surface area contributed by atoms with Gasteiger partial charge in [0.15, 0.2) is 0 Å². The monoisotopic (exact) mass is 791 g/mol. The van der Waals surface area contributed by atoms with Crippen LogP contribution < -0.4 is 0 Å². The van der Waals surface area contributed by atoms with Crippen LogP contribution in [0.2, 0.25) is 0 Å². The zero-order chi connectivity index (χ0) is 0. The van der Waals surface area contributed by atoms with E-state index in [1.165, 1.54) is 0 Å². The molecule has 0 aromatic rings. The molecule has 0 aliphatic heterocycles. The van der Waals surface area contributed by atoms with Crippen LogP contribution in [0.25, 0.3) is 0 Å². The summed E-state index contributed by atoms with van der Waals surface area (Å²) in [5.74, 6) is 0. The van der Waals surface area contributed by atoms with Crippen molar-refractivity contribution in [3.8, 4) is 0 Å². The van der Waals surface area contributed by atoms with Crippen molar-refractivity contribution >= 4 is 48.9 Å². The summed E-state index contributed by atoms with van der Waals surface area (Å²) in [5.41, 5.74) is 0. The average Bonchev–Trinajstić information content (AvgIpc) is 0. The maximum Gasteiger partial charge on any atom is 0 e. The second kappa shape index (κ2) is 29.3. The minimum absolute atomic E-state index is 0. The molecule has 0 aliphatic carbocycles. The first-order valence-electron chi connectivity index (χ1n) is 0. The molecule has 0 spiro atoms. The molecule has 0 nitrogen and oxygen atoms in total. The Balaban J connectivity index is 0. The second-order valence-electron chi connectivity index (χ2n) is 0. The van der Waals surface area contributed by atoms with E-state index in [2.05, 4.69) is 0 Å². The third kappa shape index (κ3) is 22.6. The molecule has 6 heavy (non-hydrogen) atoms. The zero-order valence-electron chi connectivity index (χ0n) is 2.65. The number of rotatable bonds is 0. The van der Waals surface area contributed by atoms with Crippen molar-refractivity contribution < 1.29 is 186 Å². The maximum atomic E-state index is 0. The van der Waals surface area contributed by atoms with E-state index in [1.54, 1.807) is 0 Å². The molecule has 0 unspecified atom stereocenters. The summed E-state index contributed by atoms with van der Waals surface area (Å²) in [6, 6.07) is 0. The minimum atomic E-state index is 0. The molecule has 0 aliphatic rings. The first-order valence-corrected chi connectivity index (χ1v) is 0. The van der Waals surface area contributed by atoms with E-state index < -0.39 is 0 Å². The third-order valence-electron chi connectivity index (χ3n) is 0. The van der Waals surface area contributed by atoms with Gasteiger partial charge in [-0.15, -0.1) is 0 Å². The molecule has 0 saturated carbocycles. The van der Waals surface area contributed by atoms with Crippen molar-refractivity contribution in [2.24, 2.45) is 0 Å². The Kier molecular flexibility index (Phi) is 182. The van der Waals surface area contributed by atoms with Gasteiger partial charge in [-0.25, -0.2) is 0 Å². The normalized spacial score (nSPS) is 0. The third-order valence-corrected chi connectivity index (χ3v) is 0. The smallest absolute Gasteiger partial charge is 0 e. The Morgan fingerprint density at radius 1 is 1.00 bits per heavy atom. The summed E-state index contributed by atoms with van der Waals surface area (Å²) in [4.78, 5) is 0. The molecule has 0 atom stereocenters. The van der Waals surface area contributed by atoms with Crippen LogP contribution >= 0.6 is 0 Å². The summed E-state index contributed by atoms with van der Waals surface area (Å²) < 4.78 is 0. The van der Waals surface area contributed by atoms with Gasteiger partial charge in [-0.2, -0.15) is 0 Å². The Bertz CT molecular complexity index is 15.5. The van der Waals surface area contributed by atoms with E-state index in [9.17, 15) is 0 Å². The molecule has 22 valence electrons. The van der Waals surface area contributed by atoms with E-state index in [1.807, 2.05) is 0 Å². The van der Waals surface area contributed by atoms with Gasteiger partial charge in [0.2, 0.25) is 0 Å². The molecule has 0 bridgehead atoms. The summed E-state index contributed by atoms with van der Waals surface area (Å²) in [5, 5.41) is 0. The van der Waals surface area contributed by atoms with Gasteiger partial charge in [-0.05, 0) is 0 Å². The van der Waals surface area contributed by atoms with Crippen LogP contribution in [0.3, 0.4) is 0 Å². The van der Waals surface area contributed by atoms with Crippen molar-refractivity contribution in [1.29, 1.82) is 0 Å². The van der Waals surface area contributed by atoms with Crippen LogP contribution in [0.1, 0.15) is 0 Å². The molecule has 0 amide bonds. The largest absolute Gasteiger partial charge is 0 e. The van der Waals surface area contributed by atoms with E-state index in [0.29, 0.717) is 0 Å². The van der Waals surface area contributed by atoms with Gasteiger partial charge in [0.05, 0.1) is 0 Å². The predicted molar refractivity (Wildman–Crippen MR) is 8.54 cm³/mol. The predicted octanol–water partition coefficient (Wildman–Crippen LogP) is -0.919. The van der Waals surface area contributed by atoms with Crippen LogP contribution in [0.4, 0.5) is 0 Å². The Hall–Kier alpha value is 7.74. The van der Waals surface area contributed by atoms with Crippen LogP contribution in [-0.4, -0.2) is 48.9 Å². The Labute approximate surface area is 226 Å². The first-order chi connectivity index (χ1) is 0. The molecule has 0 N–H and O–H groups in total. The molecule has 6 heteroatoms. The van der Waals surface area contributed by atoms with Gasteiger partial charge in [-0.1, -0.05) is 0 Å². The Morgan fingerprint density at radius 3 is 1.00 bits per heavy atom. The van der Waals surface area contributed by atoms with Crippen molar-refractivity contribution in [3.63, 3.8) is 0 Å². The molecule has 0 aromatic heterocycles. The molecule has 0 rings (SSSR count). The quantitative estimate of drug-likeness (QED) is 0.279. The molecule has 0 heterocycles. The summed E-state index contributed by atoms with van der Waals surface area (Å²) in [7, 11) is 0. The maximum absolute atomic E-state index is 0. The SMILES string of the molecule is [BaH2].[Ce].[La].[Nd].[Pr].[Zr]. The zero-order valence-corrected chi connectivity index (χ0v) is 18.8. The summed E-state index contributed by atoms with van der Waals surface area (Å²) in [6.45, 7) is 0. The van der Waals surface area contributed by atoms with Gasteiger partial charge in [-0.3, -0.25) is 0 Å². The van der Waals surface area contributed by atoms with Gasteiger partial charge < -0.3 is 0 Å². The van der Waals surface area contributed by atoms with Crippen molar-refractivity contribution in [2.45, 2.75) is 0 Å². The van der Waals surface area contributed by atoms with Gasteiger partial charge >= 0.3 is 48.9 Å². The van der Waals surface area contributed by atoms with E-state index in [-0.39, 0.29) is 235 Å². The number of hydrogen-bond donors (Lipinski definition) is 0. The summed E-state index contributed by atoms with van der Waals surface area (Å²) in [6.07, 6.45) is 0. The standard InChI is InChI=1S/Ba.Ce.La.Nd.Pr.Zr.2H. The average molecular weight is 795 g/mol. The second-order valence-corrected chi connectivity index (χ2v) is 0. The van der Waals surface area contributed by atoms with Crippen molar-refractivity contribution in [2.75, 3.05) is 0 Å². The van der Waals surface area contributed by atoms with Crippen molar-refractivity contribution in [3.05, 3.63) is 0 Å². The molecule has 2 radical (unpaired) electrons.